The van der Waals surface area contributed by atoms with Gasteiger partial charge in [-0.2, -0.15) is 4.39 Å². The molecule has 1 amide bonds. The second kappa shape index (κ2) is 8.81. The normalized spacial score (nSPS) is 11.6. The molecule has 28 heavy (non-hydrogen) atoms. The molecule has 1 aromatic heterocycles. The molecule has 3 rings (SSSR count). The Morgan fingerprint density at radius 3 is 2.61 bits per heavy atom. The van der Waals surface area contributed by atoms with Gasteiger partial charge in [-0.05, 0) is 35.2 Å². The molecule has 144 valence electrons. The van der Waals surface area contributed by atoms with Crippen LogP contribution < -0.4 is 10.1 Å². The maximum Gasteiger partial charge on any atom is 0.305 e. The van der Waals surface area contributed by atoms with Crippen molar-refractivity contribution in [3.05, 3.63) is 91.4 Å². The lowest BCUT2D eigenvalue weighted by Crippen LogP contribution is -2.32. The van der Waals surface area contributed by atoms with Gasteiger partial charge in [0.1, 0.15) is 5.75 Å². The predicted octanol–water partition coefficient (Wildman–Crippen LogP) is 4.73. The van der Waals surface area contributed by atoms with Crippen LogP contribution in [0.25, 0.3) is 0 Å². The van der Waals surface area contributed by atoms with Crippen LogP contribution in [0.1, 0.15) is 16.5 Å². The lowest BCUT2D eigenvalue weighted by atomic mass is 10.1. The van der Waals surface area contributed by atoms with E-state index in [1.165, 1.54) is 17.4 Å². The Morgan fingerprint density at radius 2 is 2.00 bits per heavy atom. The molecule has 0 spiro atoms. The molecule has 0 bridgehead atoms. The zero-order valence-electron chi connectivity index (χ0n) is 14.3. The van der Waals surface area contributed by atoms with Gasteiger partial charge in [0.15, 0.2) is 6.61 Å². The SMILES string of the molecule is O=C(COc1ccc([N+](=O)[O-])c(F)c1)NC(c1ccc(Cl)cc1)c1cccs1. The van der Waals surface area contributed by atoms with E-state index >= 15 is 0 Å². The topological polar surface area (TPSA) is 81.5 Å². The Kier molecular flexibility index (Phi) is 6.23. The van der Waals surface area contributed by atoms with Crippen LogP contribution >= 0.6 is 22.9 Å². The number of carbonyl (C=O) groups excluding carboxylic acids is 1. The van der Waals surface area contributed by atoms with E-state index in [0.29, 0.717) is 5.02 Å². The molecule has 0 saturated carbocycles. The Balaban J connectivity index is 1.68. The summed E-state index contributed by atoms with van der Waals surface area (Å²) in [7, 11) is 0. The number of ether oxygens (including phenoxy) is 1. The second-order valence-corrected chi connectivity index (χ2v) is 7.14. The largest absolute Gasteiger partial charge is 0.484 e. The average molecular weight is 421 g/mol. The van der Waals surface area contributed by atoms with E-state index in [1.54, 1.807) is 12.1 Å². The van der Waals surface area contributed by atoms with Gasteiger partial charge in [0.05, 0.1) is 11.0 Å². The number of nitrogens with one attached hydrogen (secondary N) is 1. The van der Waals surface area contributed by atoms with Crippen molar-refractivity contribution < 1.29 is 18.8 Å². The van der Waals surface area contributed by atoms with Crippen molar-refractivity contribution >= 4 is 34.5 Å². The molecule has 3 aromatic rings. The smallest absolute Gasteiger partial charge is 0.305 e. The first-order chi connectivity index (χ1) is 13.4. The number of amides is 1. The number of thiophene rings is 1. The Morgan fingerprint density at radius 1 is 1.25 bits per heavy atom. The maximum absolute atomic E-state index is 13.6. The molecule has 0 radical (unpaired) electrons. The number of nitro groups is 1. The van der Waals surface area contributed by atoms with Crippen molar-refractivity contribution in [3.63, 3.8) is 0 Å². The lowest BCUT2D eigenvalue weighted by molar-refractivity contribution is -0.387. The number of rotatable bonds is 7. The van der Waals surface area contributed by atoms with Crippen LogP contribution in [0.4, 0.5) is 10.1 Å². The molecule has 0 saturated heterocycles. The number of hydrogen-bond acceptors (Lipinski definition) is 5. The molecule has 2 aromatic carbocycles. The highest BCUT2D eigenvalue weighted by atomic mass is 35.5. The van der Waals surface area contributed by atoms with Gasteiger partial charge in [0.25, 0.3) is 5.91 Å². The third-order valence-electron chi connectivity index (χ3n) is 3.82. The first-order valence-electron chi connectivity index (χ1n) is 8.09. The van der Waals surface area contributed by atoms with E-state index in [0.717, 1.165) is 22.6 Å². The fourth-order valence-electron chi connectivity index (χ4n) is 2.51. The molecule has 6 nitrogen and oxygen atoms in total. The van der Waals surface area contributed by atoms with Crippen LogP contribution in [0.15, 0.2) is 60.0 Å². The zero-order valence-corrected chi connectivity index (χ0v) is 15.9. The molecule has 0 aliphatic rings. The summed E-state index contributed by atoms with van der Waals surface area (Å²) in [6, 6.07) is 13.6. The summed E-state index contributed by atoms with van der Waals surface area (Å²) in [6.45, 7) is -0.368. The van der Waals surface area contributed by atoms with Gasteiger partial charge < -0.3 is 10.1 Å². The van der Waals surface area contributed by atoms with E-state index in [-0.39, 0.29) is 18.4 Å². The van der Waals surface area contributed by atoms with Gasteiger partial charge >= 0.3 is 5.69 Å². The highest BCUT2D eigenvalue weighted by Crippen LogP contribution is 2.27. The van der Waals surface area contributed by atoms with Gasteiger partial charge in [-0.25, -0.2) is 0 Å². The number of carbonyl (C=O) groups is 1. The van der Waals surface area contributed by atoms with Crippen molar-refractivity contribution in [2.45, 2.75) is 6.04 Å². The van der Waals surface area contributed by atoms with Crippen LogP contribution in [0.2, 0.25) is 5.02 Å². The minimum atomic E-state index is -1.03. The zero-order chi connectivity index (χ0) is 20.1. The van der Waals surface area contributed by atoms with Crippen molar-refractivity contribution in [2.24, 2.45) is 0 Å². The number of nitrogens with zero attached hydrogens (tertiary/aromatic N) is 1. The molecular weight excluding hydrogens is 407 g/mol. The summed E-state index contributed by atoms with van der Waals surface area (Å²) in [6.07, 6.45) is 0. The molecular formula is C19H14ClFN2O4S. The summed E-state index contributed by atoms with van der Waals surface area (Å²) < 4.78 is 18.9. The van der Waals surface area contributed by atoms with E-state index in [2.05, 4.69) is 5.32 Å². The van der Waals surface area contributed by atoms with Crippen molar-refractivity contribution in [1.82, 2.24) is 5.32 Å². The van der Waals surface area contributed by atoms with Gasteiger partial charge in [0.2, 0.25) is 5.82 Å². The quantitative estimate of drug-likeness (QED) is 0.442. The van der Waals surface area contributed by atoms with Crippen LogP contribution in [0, 0.1) is 15.9 Å². The summed E-state index contributed by atoms with van der Waals surface area (Å²) in [4.78, 5) is 23.1. The van der Waals surface area contributed by atoms with E-state index < -0.39 is 22.3 Å². The van der Waals surface area contributed by atoms with Crippen molar-refractivity contribution in [2.75, 3.05) is 6.61 Å². The summed E-state index contributed by atoms with van der Waals surface area (Å²) >= 11 is 7.42. The molecule has 1 atom stereocenters. The van der Waals surface area contributed by atoms with Gasteiger partial charge in [-0.15, -0.1) is 11.3 Å². The third-order valence-corrected chi connectivity index (χ3v) is 5.01. The van der Waals surface area contributed by atoms with E-state index in [9.17, 15) is 19.3 Å². The van der Waals surface area contributed by atoms with Crippen LogP contribution in [0.5, 0.6) is 5.75 Å². The van der Waals surface area contributed by atoms with Gasteiger partial charge in [0, 0.05) is 22.0 Å². The minimum absolute atomic E-state index is 0.0254. The first kappa shape index (κ1) is 19.8. The molecule has 0 aliphatic carbocycles. The predicted molar refractivity (Wildman–Crippen MR) is 104 cm³/mol. The molecule has 0 fully saturated rings. The summed E-state index contributed by atoms with van der Waals surface area (Å²) in [5, 5.41) is 16.0. The summed E-state index contributed by atoms with van der Waals surface area (Å²) in [5.41, 5.74) is 0.193. The fraction of sp³-hybridized carbons (Fsp3) is 0.105. The molecule has 9 heteroatoms. The second-order valence-electron chi connectivity index (χ2n) is 5.73. The standard InChI is InChI=1S/C19H14ClFN2O4S/c20-13-5-3-12(4-6-13)19(17-2-1-9-28-17)22-18(24)11-27-14-7-8-16(23(25)26)15(21)10-14/h1-10,19H,11H2,(H,22,24). The monoisotopic (exact) mass is 420 g/mol. The van der Waals surface area contributed by atoms with Gasteiger partial charge in [-0.3, -0.25) is 14.9 Å². The number of benzene rings is 2. The van der Waals surface area contributed by atoms with Crippen LogP contribution in [-0.4, -0.2) is 17.4 Å². The Hall–Kier alpha value is -2.97. The maximum atomic E-state index is 13.6. The van der Waals surface area contributed by atoms with Gasteiger partial charge in [-0.1, -0.05) is 29.8 Å². The van der Waals surface area contributed by atoms with E-state index in [1.807, 2.05) is 29.6 Å². The highest BCUT2D eigenvalue weighted by Gasteiger charge is 2.19. The average Bonchev–Trinajstić information content (AvgIpc) is 3.19. The first-order valence-corrected chi connectivity index (χ1v) is 9.35. The van der Waals surface area contributed by atoms with E-state index in [4.69, 9.17) is 16.3 Å². The number of halogens is 2. The minimum Gasteiger partial charge on any atom is -0.484 e. The third kappa shape index (κ3) is 4.85. The number of nitro benzene ring substituents is 1. The van der Waals surface area contributed by atoms with Crippen LogP contribution in [-0.2, 0) is 4.79 Å². The number of hydrogen-bond donors (Lipinski definition) is 1. The van der Waals surface area contributed by atoms with Crippen LogP contribution in [0.3, 0.4) is 0 Å². The molecule has 1 unspecified atom stereocenters. The highest BCUT2D eigenvalue weighted by molar-refractivity contribution is 7.10. The lowest BCUT2D eigenvalue weighted by Gasteiger charge is -2.18. The molecule has 0 aliphatic heterocycles. The van der Waals surface area contributed by atoms with Crippen molar-refractivity contribution in [1.29, 1.82) is 0 Å². The Labute approximate surface area is 168 Å². The summed E-state index contributed by atoms with van der Waals surface area (Å²) in [5.74, 6) is -1.43. The van der Waals surface area contributed by atoms with Crippen molar-refractivity contribution in [3.8, 4) is 5.75 Å². The molecule has 1 heterocycles. The molecule has 1 N–H and O–H groups in total. The Bertz CT molecular complexity index is 980. The fourth-order valence-corrected chi connectivity index (χ4v) is 3.43.